The molecule has 96 valence electrons. The number of halogens is 1. The topological polar surface area (TPSA) is 30.7 Å². The normalized spacial score (nSPS) is 10.8. The predicted molar refractivity (Wildman–Crippen MR) is 76.7 cm³/mol. The fourth-order valence-corrected chi connectivity index (χ4v) is 2.84. The molecule has 2 aromatic rings. The van der Waals surface area contributed by atoms with Gasteiger partial charge in [-0.15, -0.1) is 10.2 Å². The van der Waals surface area contributed by atoms with Crippen molar-refractivity contribution in [3.05, 3.63) is 35.1 Å². The zero-order chi connectivity index (χ0) is 13.0. The number of aromatic nitrogens is 3. The third kappa shape index (κ3) is 3.06. The van der Waals surface area contributed by atoms with Gasteiger partial charge in [-0.05, 0) is 37.6 Å². The van der Waals surface area contributed by atoms with Gasteiger partial charge < -0.3 is 0 Å². The van der Waals surface area contributed by atoms with Gasteiger partial charge in [0.05, 0.1) is 0 Å². The molecule has 5 heteroatoms. The highest BCUT2D eigenvalue weighted by Gasteiger charge is 2.10. The van der Waals surface area contributed by atoms with E-state index in [9.17, 15) is 0 Å². The molecule has 0 aliphatic carbocycles. The van der Waals surface area contributed by atoms with E-state index >= 15 is 0 Å². The Morgan fingerprint density at radius 1 is 1.22 bits per heavy atom. The van der Waals surface area contributed by atoms with Crippen LogP contribution in [0, 0.1) is 6.92 Å². The quantitative estimate of drug-likeness (QED) is 0.610. The van der Waals surface area contributed by atoms with Crippen molar-refractivity contribution in [2.45, 2.75) is 31.8 Å². The Labute approximate surface area is 117 Å². The first-order chi connectivity index (χ1) is 8.72. The van der Waals surface area contributed by atoms with Crippen LogP contribution in [-0.4, -0.2) is 20.5 Å². The van der Waals surface area contributed by atoms with Crippen LogP contribution in [0.25, 0.3) is 5.69 Å². The van der Waals surface area contributed by atoms with Gasteiger partial charge in [-0.1, -0.05) is 36.7 Å². The molecule has 0 aliphatic rings. The van der Waals surface area contributed by atoms with Gasteiger partial charge in [0.25, 0.3) is 0 Å². The molecule has 0 amide bonds. The molecule has 0 fully saturated rings. The summed E-state index contributed by atoms with van der Waals surface area (Å²) in [5.41, 5.74) is 1.06. The molecular formula is C13H16ClN3S. The summed E-state index contributed by atoms with van der Waals surface area (Å²) in [4.78, 5) is 0. The Bertz CT molecular complexity index is 507. The Hall–Kier alpha value is -1.00. The minimum atomic E-state index is 0.740. The number of unbranched alkanes of at least 4 members (excludes halogenated alkanes) is 1. The number of aryl methyl sites for hydroxylation is 1. The molecule has 0 radical (unpaired) electrons. The van der Waals surface area contributed by atoms with E-state index in [0.29, 0.717) is 0 Å². The highest BCUT2D eigenvalue weighted by atomic mass is 35.5. The molecule has 0 spiro atoms. The number of nitrogens with zero attached hydrogens (tertiary/aromatic N) is 3. The first-order valence-corrected chi connectivity index (χ1v) is 7.39. The Morgan fingerprint density at radius 2 is 1.94 bits per heavy atom. The van der Waals surface area contributed by atoms with E-state index in [-0.39, 0.29) is 0 Å². The number of hydrogen-bond donors (Lipinski definition) is 0. The van der Waals surface area contributed by atoms with E-state index < -0.39 is 0 Å². The maximum atomic E-state index is 5.91. The molecule has 1 aromatic carbocycles. The lowest BCUT2D eigenvalue weighted by molar-refractivity contribution is 0.855. The second-order valence-corrected chi connectivity index (χ2v) is 5.54. The third-order valence-corrected chi connectivity index (χ3v) is 3.88. The van der Waals surface area contributed by atoms with Gasteiger partial charge in [0, 0.05) is 16.5 Å². The van der Waals surface area contributed by atoms with Crippen LogP contribution in [0.1, 0.15) is 25.6 Å². The summed E-state index contributed by atoms with van der Waals surface area (Å²) < 4.78 is 2.07. The maximum Gasteiger partial charge on any atom is 0.195 e. The molecule has 2 rings (SSSR count). The standard InChI is InChI=1S/C13H16ClN3S/c1-3-4-9-18-13-16-15-10(2)17(13)12-7-5-11(14)6-8-12/h5-8H,3-4,9H2,1-2H3. The molecule has 0 N–H and O–H groups in total. The monoisotopic (exact) mass is 281 g/mol. The molecule has 0 aliphatic heterocycles. The molecule has 1 aromatic heterocycles. The lowest BCUT2D eigenvalue weighted by atomic mass is 10.3. The van der Waals surface area contributed by atoms with Crippen LogP contribution < -0.4 is 0 Å². The molecule has 0 unspecified atom stereocenters. The Kier molecular flexibility index (Phi) is 4.66. The van der Waals surface area contributed by atoms with Crippen molar-refractivity contribution in [1.82, 2.24) is 14.8 Å². The summed E-state index contributed by atoms with van der Waals surface area (Å²) in [6.45, 7) is 4.15. The summed E-state index contributed by atoms with van der Waals surface area (Å²) in [6, 6.07) is 7.75. The third-order valence-electron chi connectivity index (χ3n) is 2.61. The zero-order valence-corrected chi connectivity index (χ0v) is 12.1. The lowest BCUT2D eigenvalue weighted by Crippen LogP contribution is -1.99. The van der Waals surface area contributed by atoms with Crippen molar-refractivity contribution in [3.8, 4) is 5.69 Å². The van der Waals surface area contributed by atoms with E-state index in [1.807, 2.05) is 31.2 Å². The second kappa shape index (κ2) is 6.25. The molecule has 3 nitrogen and oxygen atoms in total. The molecule has 0 bridgehead atoms. The summed E-state index contributed by atoms with van der Waals surface area (Å²) in [6.07, 6.45) is 2.39. The highest BCUT2D eigenvalue weighted by Crippen LogP contribution is 2.23. The Morgan fingerprint density at radius 3 is 2.61 bits per heavy atom. The summed E-state index contributed by atoms with van der Waals surface area (Å²) >= 11 is 7.66. The SMILES string of the molecule is CCCCSc1nnc(C)n1-c1ccc(Cl)cc1. The summed E-state index contributed by atoms with van der Waals surface area (Å²) in [5, 5.41) is 10.1. The largest absolute Gasteiger partial charge is 0.274 e. The van der Waals surface area contributed by atoms with Crippen molar-refractivity contribution < 1.29 is 0 Å². The maximum absolute atomic E-state index is 5.91. The summed E-state index contributed by atoms with van der Waals surface area (Å²) in [7, 11) is 0. The molecule has 0 saturated carbocycles. The van der Waals surface area contributed by atoms with Crippen molar-refractivity contribution in [2.75, 3.05) is 5.75 Å². The molecular weight excluding hydrogens is 266 g/mol. The fourth-order valence-electron chi connectivity index (χ4n) is 1.63. The molecule has 0 atom stereocenters. The number of thioether (sulfide) groups is 1. The molecule has 0 saturated heterocycles. The van der Waals surface area contributed by atoms with E-state index in [1.54, 1.807) is 11.8 Å². The smallest absolute Gasteiger partial charge is 0.195 e. The van der Waals surface area contributed by atoms with E-state index in [2.05, 4.69) is 21.7 Å². The van der Waals surface area contributed by atoms with Gasteiger partial charge in [0.2, 0.25) is 0 Å². The minimum absolute atomic E-state index is 0.740. The average Bonchev–Trinajstić information content (AvgIpc) is 2.72. The number of benzene rings is 1. The second-order valence-electron chi connectivity index (χ2n) is 4.04. The van der Waals surface area contributed by atoms with Crippen LogP contribution in [-0.2, 0) is 0 Å². The van der Waals surface area contributed by atoms with Gasteiger partial charge in [-0.25, -0.2) is 0 Å². The summed E-state index contributed by atoms with van der Waals surface area (Å²) in [5.74, 6) is 1.97. The Balaban J connectivity index is 2.25. The first kappa shape index (κ1) is 13.4. The van der Waals surface area contributed by atoms with E-state index in [1.165, 1.54) is 12.8 Å². The first-order valence-electron chi connectivity index (χ1n) is 6.03. The number of rotatable bonds is 5. The highest BCUT2D eigenvalue weighted by molar-refractivity contribution is 7.99. The van der Waals surface area contributed by atoms with E-state index in [0.717, 1.165) is 27.4 Å². The zero-order valence-electron chi connectivity index (χ0n) is 10.6. The number of hydrogen-bond acceptors (Lipinski definition) is 3. The van der Waals surface area contributed by atoms with Crippen LogP contribution >= 0.6 is 23.4 Å². The van der Waals surface area contributed by atoms with Crippen molar-refractivity contribution in [2.24, 2.45) is 0 Å². The van der Waals surface area contributed by atoms with Crippen LogP contribution in [0.2, 0.25) is 5.02 Å². The van der Waals surface area contributed by atoms with Crippen molar-refractivity contribution in [1.29, 1.82) is 0 Å². The van der Waals surface area contributed by atoms with Gasteiger partial charge in [0.15, 0.2) is 5.16 Å². The minimum Gasteiger partial charge on any atom is -0.274 e. The average molecular weight is 282 g/mol. The van der Waals surface area contributed by atoms with Gasteiger partial charge in [0.1, 0.15) is 5.82 Å². The fraction of sp³-hybridized carbons (Fsp3) is 0.385. The van der Waals surface area contributed by atoms with Crippen LogP contribution in [0.15, 0.2) is 29.4 Å². The van der Waals surface area contributed by atoms with Gasteiger partial charge in [-0.2, -0.15) is 0 Å². The lowest BCUT2D eigenvalue weighted by Gasteiger charge is -2.08. The van der Waals surface area contributed by atoms with Gasteiger partial charge in [-0.3, -0.25) is 4.57 Å². The van der Waals surface area contributed by atoms with E-state index in [4.69, 9.17) is 11.6 Å². The van der Waals surface area contributed by atoms with Crippen LogP contribution in [0.5, 0.6) is 0 Å². The van der Waals surface area contributed by atoms with Crippen molar-refractivity contribution >= 4 is 23.4 Å². The van der Waals surface area contributed by atoms with Crippen LogP contribution in [0.4, 0.5) is 0 Å². The molecule has 1 heterocycles. The van der Waals surface area contributed by atoms with Crippen LogP contribution in [0.3, 0.4) is 0 Å². The van der Waals surface area contributed by atoms with Crippen molar-refractivity contribution in [3.63, 3.8) is 0 Å². The molecule has 18 heavy (non-hydrogen) atoms. The van der Waals surface area contributed by atoms with Gasteiger partial charge >= 0.3 is 0 Å². The predicted octanol–water partition coefficient (Wildman–Crippen LogP) is 4.12.